The van der Waals surface area contributed by atoms with Crippen LogP contribution in [0.4, 0.5) is 0 Å². The van der Waals surface area contributed by atoms with Crippen molar-refractivity contribution in [2.75, 3.05) is 20.3 Å². The molecule has 0 saturated carbocycles. The number of aromatic nitrogens is 2. The van der Waals surface area contributed by atoms with Crippen LogP contribution in [-0.2, 0) is 12.8 Å². The van der Waals surface area contributed by atoms with Gasteiger partial charge in [0.1, 0.15) is 27.9 Å². The molecule has 1 aliphatic carbocycles. The highest BCUT2D eigenvalue weighted by atomic mass is 32.1. The van der Waals surface area contributed by atoms with Crippen molar-refractivity contribution in [3.63, 3.8) is 0 Å². The van der Waals surface area contributed by atoms with Gasteiger partial charge in [-0.15, -0.1) is 11.3 Å². The Kier molecular flexibility index (Phi) is 6.54. The number of aromatic amines is 1. The lowest BCUT2D eigenvalue weighted by Crippen LogP contribution is -2.13. The summed E-state index contributed by atoms with van der Waals surface area (Å²) in [4.78, 5) is 22.8. The summed E-state index contributed by atoms with van der Waals surface area (Å²) in [5, 5.41) is 0.785. The summed E-state index contributed by atoms with van der Waals surface area (Å²) in [6.45, 7) is 3.39. The van der Waals surface area contributed by atoms with E-state index in [0.717, 1.165) is 58.7 Å². The number of rotatable bonds is 8. The van der Waals surface area contributed by atoms with E-state index in [2.05, 4.69) is 11.9 Å². The molecule has 0 spiro atoms. The van der Waals surface area contributed by atoms with Crippen molar-refractivity contribution in [2.45, 2.75) is 32.6 Å². The monoisotopic (exact) mass is 476 g/mol. The second-order valence-corrected chi connectivity index (χ2v) is 9.78. The third kappa shape index (κ3) is 4.80. The molecule has 0 fully saturated rings. The number of ether oxygens (including phenoxy) is 3. The Labute approximate surface area is 202 Å². The smallest absolute Gasteiger partial charge is 0.260 e. The van der Waals surface area contributed by atoms with Gasteiger partial charge in [0.15, 0.2) is 0 Å². The van der Waals surface area contributed by atoms with Crippen molar-refractivity contribution in [3.05, 3.63) is 69.3 Å². The number of nitrogens with one attached hydrogen (secondary N) is 1. The molecule has 0 aliphatic heterocycles. The van der Waals surface area contributed by atoms with Crippen LogP contribution in [-0.4, -0.2) is 30.3 Å². The number of thiophene rings is 1. The largest absolute Gasteiger partial charge is 0.497 e. The van der Waals surface area contributed by atoms with Crippen LogP contribution in [0.5, 0.6) is 17.2 Å². The molecule has 6 nitrogen and oxygen atoms in total. The maximum absolute atomic E-state index is 12.9. The van der Waals surface area contributed by atoms with Gasteiger partial charge in [0.2, 0.25) is 0 Å². The number of nitrogens with zero attached hydrogens (tertiary/aromatic N) is 1. The first-order valence-corrected chi connectivity index (χ1v) is 12.5. The van der Waals surface area contributed by atoms with Crippen LogP contribution in [0.1, 0.15) is 30.2 Å². The topological polar surface area (TPSA) is 73.4 Å². The Balaban J connectivity index is 1.19. The van der Waals surface area contributed by atoms with Gasteiger partial charge in [0.05, 0.1) is 25.7 Å². The molecule has 1 atom stereocenters. The van der Waals surface area contributed by atoms with Crippen molar-refractivity contribution in [3.8, 4) is 28.6 Å². The van der Waals surface area contributed by atoms with Gasteiger partial charge in [-0.3, -0.25) is 4.79 Å². The number of methoxy groups -OCH3 is 1. The quantitative estimate of drug-likeness (QED) is 0.334. The zero-order chi connectivity index (χ0) is 23.5. The molecule has 0 bridgehead atoms. The number of H-pyrrole nitrogens is 1. The van der Waals surface area contributed by atoms with Crippen LogP contribution in [0.3, 0.4) is 0 Å². The van der Waals surface area contributed by atoms with Crippen molar-refractivity contribution >= 4 is 21.6 Å². The molecule has 176 valence electrons. The predicted octanol–water partition coefficient (Wildman–Crippen LogP) is 5.63. The van der Waals surface area contributed by atoms with E-state index >= 15 is 0 Å². The van der Waals surface area contributed by atoms with Gasteiger partial charge in [-0.25, -0.2) is 4.98 Å². The number of aryl methyl sites for hydroxylation is 1. The Hall–Kier alpha value is -3.32. The average molecular weight is 477 g/mol. The van der Waals surface area contributed by atoms with Gasteiger partial charge in [-0.1, -0.05) is 6.92 Å². The molecular weight excluding hydrogens is 448 g/mol. The highest BCUT2D eigenvalue weighted by Gasteiger charge is 2.23. The van der Waals surface area contributed by atoms with Crippen molar-refractivity contribution in [1.82, 2.24) is 9.97 Å². The highest BCUT2D eigenvalue weighted by Crippen LogP contribution is 2.36. The molecule has 7 heteroatoms. The summed E-state index contributed by atoms with van der Waals surface area (Å²) in [5.74, 6) is 3.66. The maximum atomic E-state index is 12.9. The van der Waals surface area contributed by atoms with E-state index in [0.29, 0.717) is 25.0 Å². The Morgan fingerprint density at radius 1 is 1.00 bits per heavy atom. The van der Waals surface area contributed by atoms with Crippen LogP contribution in [0, 0.1) is 5.92 Å². The number of hydrogen-bond acceptors (Lipinski definition) is 6. The molecule has 1 aliphatic rings. The fraction of sp³-hybridized carbons (Fsp3) is 0.333. The number of fused-ring (bicyclic) bond motifs is 3. The minimum Gasteiger partial charge on any atom is -0.497 e. The molecular formula is C27H28N2O4S. The van der Waals surface area contributed by atoms with Gasteiger partial charge in [-0.05, 0) is 79.3 Å². The van der Waals surface area contributed by atoms with Gasteiger partial charge in [0.25, 0.3) is 5.56 Å². The lowest BCUT2D eigenvalue weighted by molar-refractivity contribution is 0.247. The maximum Gasteiger partial charge on any atom is 0.260 e. The molecule has 0 saturated heterocycles. The molecule has 0 radical (unpaired) electrons. The van der Waals surface area contributed by atoms with Crippen molar-refractivity contribution < 1.29 is 14.2 Å². The Bertz CT molecular complexity index is 1330. The molecule has 0 amide bonds. The summed E-state index contributed by atoms with van der Waals surface area (Å²) in [7, 11) is 1.64. The normalized spacial score (nSPS) is 15.2. The van der Waals surface area contributed by atoms with Crippen LogP contribution >= 0.6 is 11.3 Å². The molecule has 2 aromatic carbocycles. The summed E-state index contributed by atoms with van der Waals surface area (Å²) >= 11 is 1.67. The average Bonchev–Trinajstić information content (AvgIpc) is 3.22. The minimum absolute atomic E-state index is 0.0377. The van der Waals surface area contributed by atoms with Crippen LogP contribution in [0.25, 0.3) is 21.6 Å². The molecule has 34 heavy (non-hydrogen) atoms. The minimum atomic E-state index is -0.0377. The van der Waals surface area contributed by atoms with Crippen LogP contribution in [0.15, 0.2) is 53.3 Å². The molecule has 1 N–H and O–H groups in total. The first-order valence-electron chi connectivity index (χ1n) is 11.7. The van der Waals surface area contributed by atoms with E-state index in [1.54, 1.807) is 18.4 Å². The van der Waals surface area contributed by atoms with Crippen LogP contribution in [0.2, 0.25) is 0 Å². The standard InChI is InChI=1S/C27H28N2O4S/c1-17-4-13-22-23(16-17)34-27-24(22)26(30)28-25(29-27)18-5-7-20(8-6-18)32-14-3-15-33-21-11-9-19(31-2)10-12-21/h5-12,17H,3-4,13-16H2,1-2H3,(H,28,29,30)/t17-/m1/s1. The molecule has 4 aromatic rings. The van der Waals surface area contributed by atoms with Crippen molar-refractivity contribution in [2.24, 2.45) is 5.92 Å². The van der Waals surface area contributed by atoms with E-state index < -0.39 is 0 Å². The second kappa shape index (κ2) is 9.89. The molecule has 2 heterocycles. The van der Waals surface area contributed by atoms with Gasteiger partial charge in [0, 0.05) is 16.9 Å². The summed E-state index contributed by atoms with van der Waals surface area (Å²) in [6.07, 6.45) is 3.91. The zero-order valence-corrected chi connectivity index (χ0v) is 20.2. The second-order valence-electron chi connectivity index (χ2n) is 8.70. The van der Waals surface area contributed by atoms with Gasteiger partial charge in [-0.2, -0.15) is 0 Å². The fourth-order valence-electron chi connectivity index (χ4n) is 4.31. The third-order valence-electron chi connectivity index (χ3n) is 6.18. The Morgan fingerprint density at radius 3 is 2.32 bits per heavy atom. The van der Waals surface area contributed by atoms with E-state index in [4.69, 9.17) is 19.2 Å². The van der Waals surface area contributed by atoms with Crippen LogP contribution < -0.4 is 19.8 Å². The van der Waals surface area contributed by atoms with E-state index in [9.17, 15) is 4.79 Å². The van der Waals surface area contributed by atoms with Gasteiger partial charge >= 0.3 is 0 Å². The van der Waals surface area contributed by atoms with E-state index in [1.165, 1.54) is 10.4 Å². The number of benzene rings is 2. The van der Waals surface area contributed by atoms with E-state index in [1.807, 2.05) is 48.5 Å². The molecule has 5 rings (SSSR count). The molecule has 2 aromatic heterocycles. The first kappa shape index (κ1) is 22.5. The lowest BCUT2D eigenvalue weighted by atomic mass is 9.89. The first-order chi connectivity index (χ1) is 16.6. The molecule has 0 unspecified atom stereocenters. The predicted molar refractivity (Wildman–Crippen MR) is 135 cm³/mol. The summed E-state index contributed by atoms with van der Waals surface area (Å²) in [5.41, 5.74) is 2.04. The lowest BCUT2D eigenvalue weighted by Gasteiger charge is -2.17. The van der Waals surface area contributed by atoms with Crippen molar-refractivity contribution in [1.29, 1.82) is 0 Å². The summed E-state index contributed by atoms with van der Waals surface area (Å²) in [6, 6.07) is 15.2. The third-order valence-corrected chi connectivity index (χ3v) is 7.33. The van der Waals surface area contributed by atoms with E-state index in [-0.39, 0.29) is 5.56 Å². The Morgan fingerprint density at radius 2 is 1.65 bits per heavy atom. The summed E-state index contributed by atoms with van der Waals surface area (Å²) < 4.78 is 16.7. The fourth-order valence-corrected chi connectivity index (χ4v) is 5.69. The highest BCUT2D eigenvalue weighted by molar-refractivity contribution is 7.18. The van der Waals surface area contributed by atoms with Gasteiger partial charge < -0.3 is 19.2 Å². The number of hydrogen-bond donors (Lipinski definition) is 1. The zero-order valence-electron chi connectivity index (χ0n) is 19.4. The SMILES string of the molecule is COc1ccc(OCCCOc2ccc(-c3nc4sc5c(c4c(=O)[nH]3)CC[C@@H](C)C5)cc2)cc1.